The molecule has 6 nitrogen and oxygen atoms in total. The molecule has 4 atom stereocenters. The van der Waals surface area contributed by atoms with E-state index in [0.29, 0.717) is 0 Å². The van der Waals surface area contributed by atoms with Gasteiger partial charge in [-0.3, -0.25) is 24.6 Å². The third-order valence-electron chi connectivity index (χ3n) is 7.23. The molecule has 3 aliphatic heterocycles. The fourth-order valence-corrected chi connectivity index (χ4v) is 6.44. The number of hydrogen-bond donors (Lipinski definition) is 2. The average Bonchev–Trinajstić information content (AvgIpc) is 3.43. The normalized spacial score (nSPS) is 33.7. The van der Waals surface area contributed by atoms with Gasteiger partial charge in [-0.2, -0.15) is 11.8 Å². The summed E-state index contributed by atoms with van der Waals surface area (Å²) in [6.45, 7) is 1.99. The number of nitrogens with one attached hydrogen (secondary N) is 2. The molecular weight excluding hydrogens is 386 g/mol. The molecule has 0 aromatic heterocycles. The number of imide groups is 1. The maximum atomic E-state index is 13.7. The molecule has 154 valence electrons. The summed E-state index contributed by atoms with van der Waals surface area (Å²) < 4.78 is 0. The minimum absolute atomic E-state index is 0.000273. The molecule has 0 radical (unpaired) electrons. The number of hydrogen-bond acceptors (Lipinski definition) is 5. The first kappa shape index (κ1) is 19.1. The summed E-state index contributed by atoms with van der Waals surface area (Å²) in [5.74, 6) is -0.677. The van der Waals surface area contributed by atoms with Gasteiger partial charge in [-0.15, -0.1) is 0 Å². The molecule has 0 bridgehead atoms. The number of thioether (sulfide) groups is 1. The highest BCUT2D eigenvalue weighted by Crippen LogP contribution is 2.54. The molecule has 3 amide bonds. The van der Waals surface area contributed by atoms with Crippen molar-refractivity contribution in [2.75, 3.05) is 17.3 Å². The van der Waals surface area contributed by atoms with Crippen molar-refractivity contribution >= 4 is 35.2 Å². The summed E-state index contributed by atoms with van der Waals surface area (Å²) in [6, 6.07) is 5.68. The van der Waals surface area contributed by atoms with Crippen LogP contribution in [0.5, 0.6) is 0 Å². The van der Waals surface area contributed by atoms with Crippen LogP contribution in [0.2, 0.25) is 0 Å². The Bertz CT molecular complexity index is 897. The van der Waals surface area contributed by atoms with E-state index in [4.69, 9.17) is 0 Å². The first-order chi connectivity index (χ1) is 14.0. The van der Waals surface area contributed by atoms with Gasteiger partial charge < -0.3 is 5.32 Å². The van der Waals surface area contributed by atoms with E-state index in [1.54, 1.807) is 11.8 Å². The minimum atomic E-state index is -1.14. The lowest BCUT2D eigenvalue weighted by Crippen LogP contribution is -2.54. The lowest BCUT2D eigenvalue weighted by atomic mass is 9.76. The summed E-state index contributed by atoms with van der Waals surface area (Å²) in [4.78, 5) is 42.1. The number of nitrogens with zero attached hydrogens (tertiary/aromatic N) is 1. The molecule has 4 aliphatic rings. The molecule has 29 heavy (non-hydrogen) atoms. The second-order valence-corrected chi connectivity index (χ2v) is 9.82. The first-order valence-corrected chi connectivity index (χ1v) is 11.9. The van der Waals surface area contributed by atoms with Crippen molar-refractivity contribution in [1.82, 2.24) is 10.2 Å². The largest absolute Gasteiger partial charge is 0.324 e. The van der Waals surface area contributed by atoms with Gasteiger partial charge in [-0.05, 0) is 44.3 Å². The number of benzene rings is 1. The van der Waals surface area contributed by atoms with Gasteiger partial charge in [0.15, 0.2) is 0 Å². The third-order valence-corrected chi connectivity index (χ3v) is 7.87. The van der Waals surface area contributed by atoms with Crippen molar-refractivity contribution in [3.05, 3.63) is 29.3 Å². The lowest BCUT2D eigenvalue weighted by Gasteiger charge is -2.31. The summed E-state index contributed by atoms with van der Waals surface area (Å²) in [5, 5.41) is 6.49. The van der Waals surface area contributed by atoms with Crippen LogP contribution in [0.3, 0.4) is 0 Å². The highest BCUT2D eigenvalue weighted by atomic mass is 32.2. The summed E-state index contributed by atoms with van der Waals surface area (Å²) in [7, 11) is 0. The maximum absolute atomic E-state index is 13.7. The SMILES string of the molecule is CSCC[C@@H]1N[C@@]2(C(=O)Nc3ccc(C)cc32)[C@@H]2C(=O)N(C3CCCC3)C(=O)[C@H]12. The summed E-state index contributed by atoms with van der Waals surface area (Å²) in [5.41, 5.74) is 1.46. The van der Waals surface area contributed by atoms with E-state index in [0.717, 1.165) is 54.7 Å². The van der Waals surface area contributed by atoms with Crippen LogP contribution in [0.4, 0.5) is 5.69 Å². The second kappa shape index (κ2) is 6.84. The predicted molar refractivity (Wildman–Crippen MR) is 112 cm³/mol. The summed E-state index contributed by atoms with van der Waals surface area (Å²) in [6.07, 6.45) is 6.67. The average molecular weight is 414 g/mol. The van der Waals surface area contributed by atoms with Gasteiger partial charge >= 0.3 is 0 Å². The molecule has 1 aromatic carbocycles. The number of likely N-dealkylation sites (tertiary alicyclic amines) is 1. The van der Waals surface area contributed by atoms with Crippen molar-refractivity contribution < 1.29 is 14.4 Å². The summed E-state index contributed by atoms with van der Waals surface area (Å²) >= 11 is 1.72. The molecule has 2 N–H and O–H groups in total. The minimum Gasteiger partial charge on any atom is -0.324 e. The van der Waals surface area contributed by atoms with E-state index < -0.39 is 17.4 Å². The van der Waals surface area contributed by atoms with E-state index in [1.165, 1.54) is 4.90 Å². The Labute approximate surface area is 175 Å². The number of amides is 3. The van der Waals surface area contributed by atoms with Gasteiger partial charge in [0.2, 0.25) is 17.7 Å². The number of rotatable bonds is 4. The van der Waals surface area contributed by atoms with Crippen molar-refractivity contribution in [2.45, 2.75) is 56.7 Å². The van der Waals surface area contributed by atoms with Crippen LogP contribution < -0.4 is 10.6 Å². The highest BCUT2D eigenvalue weighted by Gasteiger charge is 2.70. The third kappa shape index (κ3) is 2.56. The number of fused-ring (bicyclic) bond motifs is 4. The number of carbonyl (C=O) groups excluding carboxylic acids is 3. The van der Waals surface area contributed by atoms with E-state index >= 15 is 0 Å². The van der Waals surface area contributed by atoms with Gasteiger partial charge in [-0.1, -0.05) is 30.5 Å². The predicted octanol–water partition coefficient (Wildman–Crippen LogP) is 2.41. The van der Waals surface area contributed by atoms with Crippen molar-refractivity contribution in [3.8, 4) is 0 Å². The Morgan fingerprint density at radius 1 is 1.17 bits per heavy atom. The maximum Gasteiger partial charge on any atom is 0.250 e. The molecule has 1 saturated carbocycles. The molecule has 5 rings (SSSR count). The molecule has 7 heteroatoms. The van der Waals surface area contributed by atoms with E-state index in [2.05, 4.69) is 10.6 Å². The molecular formula is C22H27N3O3S. The molecule has 3 heterocycles. The quantitative estimate of drug-likeness (QED) is 0.741. The lowest BCUT2D eigenvalue weighted by molar-refractivity contribution is -0.145. The van der Waals surface area contributed by atoms with Crippen molar-refractivity contribution in [3.63, 3.8) is 0 Å². The standard InChI is InChI=1S/C22H27N3O3S/c1-12-7-8-15-14(11-12)22(21(28)23-15)18-17(16(24-22)9-10-29-2)19(26)25(20(18)27)13-5-3-4-6-13/h7-8,11,13,16-18,24H,3-6,9-10H2,1-2H3,(H,23,28)/t16-,17+,18-,22+/m0/s1. The fraction of sp³-hybridized carbons (Fsp3) is 0.591. The Balaban J connectivity index is 1.63. The van der Waals surface area contributed by atoms with Crippen LogP contribution in [0.1, 0.15) is 43.2 Å². The van der Waals surface area contributed by atoms with Crippen LogP contribution >= 0.6 is 11.8 Å². The molecule has 1 aromatic rings. The Kier molecular flexibility index (Phi) is 4.51. The zero-order valence-electron chi connectivity index (χ0n) is 16.9. The topological polar surface area (TPSA) is 78.5 Å². The first-order valence-electron chi connectivity index (χ1n) is 10.5. The van der Waals surface area contributed by atoms with Crippen LogP contribution in [0.15, 0.2) is 18.2 Å². The van der Waals surface area contributed by atoms with E-state index in [9.17, 15) is 14.4 Å². The van der Waals surface area contributed by atoms with Crippen LogP contribution in [-0.2, 0) is 19.9 Å². The number of aryl methyl sites for hydroxylation is 1. The fourth-order valence-electron chi connectivity index (χ4n) is 5.95. The number of anilines is 1. The zero-order valence-corrected chi connectivity index (χ0v) is 17.7. The Morgan fingerprint density at radius 3 is 2.66 bits per heavy atom. The number of carbonyl (C=O) groups is 3. The molecule has 1 spiro atoms. The van der Waals surface area contributed by atoms with Gasteiger partial charge in [-0.25, -0.2) is 0 Å². The van der Waals surface area contributed by atoms with Gasteiger partial charge in [0.25, 0.3) is 0 Å². The van der Waals surface area contributed by atoms with Crippen LogP contribution in [0.25, 0.3) is 0 Å². The van der Waals surface area contributed by atoms with Gasteiger partial charge in [0.05, 0.1) is 11.8 Å². The van der Waals surface area contributed by atoms with Gasteiger partial charge in [0, 0.05) is 23.3 Å². The molecule has 2 saturated heterocycles. The van der Waals surface area contributed by atoms with E-state index in [1.807, 2.05) is 31.4 Å². The van der Waals surface area contributed by atoms with E-state index in [-0.39, 0.29) is 29.8 Å². The Hall–Kier alpha value is -1.86. The van der Waals surface area contributed by atoms with Crippen molar-refractivity contribution in [1.29, 1.82) is 0 Å². The van der Waals surface area contributed by atoms with Crippen molar-refractivity contribution in [2.24, 2.45) is 11.8 Å². The second-order valence-electron chi connectivity index (χ2n) is 8.83. The van der Waals surface area contributed by atoms with Crippen LogP contribution in [-0.4, -0.2) is 46.7 Å². The van der Waals surface area contributed by atoms with Gasteiger partial charge in [0.1, 0.15) is 5.54 Å². The zero-order chi connectivity index (χ0) is 20.3. The highest BCUT2D eigenvalue weighted by molar-refractivity contribution is 7.98. The molecule has 0 unspecified atom stereocenters. The van der Waals surface area contributed by atoms with Crippen LogP contribution in [0, 0.1) is 18.8 Å². The molecule has 1 aliphatic carbocycles. The Morgan fingerprint density at radius 2 is 1.93 bits per heavy atom. The molecule has 3 fully saturated rings. The smallest absolute Gasteiger partial charge is 0.250 e. The monoisotopic (exact) mass is 413 g/mol.